The molecule has 0 amide bonds. The molecular formula is C15H24N6. The number of anilines is 2. The van der Waals surface area contributed by atoms with Crippen LogP contribution in [0.3, 0.4) is 0 Å². The van der Waals surface area contributed by atoms with Crippen molar-refractivity contribution >= 4 is 22.9 Å². The van der Waals surface area contributed by atoms with Gasteiger partial charge in [0, 0.05) is 13.6 Å². The first-order valence-corrected chi connectivity index (χ1v) is 7.93. The number of aromatic nitrogens is 4. The van der Waals surface area contributed by atoms with Gasteiger partial charge in [0.2, 0.25) is 5.95 Å². The monoisotopic (exact) mass is 288 g/mol. The van der Waals surface area contributed by atoms with E-state index >= 15 is 0 Å². The fraction of sp³-hybridized carbons (Fsp3) is 0.667. The number of aromatic amines is 1. The Morgan fingerprint density at radius 1 is 1.19 bits per heavy atom. The van der Waals surface area contributed by atoms with Crippen LogP contribution in [0, 0.1) is 11.8 Å². The normalized spacial score (nSPS) is 22.4. The summed E-state index contributed by atoms with van der Waals surface area (Å²) in [4.78, 5) is 16.2. The van der Waals surface area contributed by atoms with Gasteiger partial charge in [-0.25, -0.2) is 4.98 Å². The van der Waals surface area contributed by atoms with Crippen LogP contribution in [0.25, 0.3) is 11.2 Å². The van der Waals surface area contributed by atoms with E-state index in [0.29, 0.717) is 11.6 Å². The second-order valence-electron chi connectivity index (χ2n) is 5.92. The van der Waals surface area contributed by atoms with Crippen LogP contribution in [0.2, 0.25) is 0 Å². The Bertz CT molecular complexity index is 585. The van der Waals surface area contributed by atoms with Crippen molar-refractivity contribution in [2.75, 3.05) is 24.2 Å². The molecule has 21 heavy (non-hydrogen) atoms. The molecule has 114 valence electrons. The van der Waals surface area contributed by atoms with Crippen LogP contribution in [-0.2, 0) is 0 Å². The third kappa shape index (κ3) is 3.09. The van der Waals surface area contributed by atoms with Gasteiger partial charge < -0.3 is 15.6 Å². The van der Waals surface area contributed by atoms with Crippen LogP contribution in [0.1, 0.15) is 39.0 Å². The Balaban J connectivity index is 1.66. The molecule has 6 heteroatoms. The highest BCUT2D eigenvalue weighted by Crippen LogP contribution is 2.31. The van der Waals surface area contributed by atoms with Crippen molar-refractivity contribution in [1.82, 2.24) is 19.9 Å². The fourth-order valence-corrected chi connectivity index (χ4v) is 3.16. The lowest BCUT2D eigenvalue weighted by atomic mass is 9.81. The first-order chi connectivity index (χ1) is 10.3. The predicted octanol–water partition coefficient (Wildman–Crippen LogP) is 3.02. The predicted molar refractivity (Wildman–Crippen MR) is 85.5 cm³/mol. The van der Waals surface area contributed by atoms with E-state index in [1.807, 2.05) is 7.05 Å². The Labute approximate surface area is 125 Å². The van der Waals surface area contributed by atoms with Crippen LogP contribution < -0.4 is 10.6 Å². The molecule has 0 saturated heterocycles. The summed E-state index contributed by atoms with van der Waals surface area (Å²) in [5.74, 6) is 3.14. The van der Waals surface area contributed by atoms with Gasteiger partial charge in [0.15, 0.2) is 11.5 Å². The molecule has 3 rings (SSSR count). The van der Waals surface area contributed by atoms with Gasteiger partial charge in [-0.2, -0.15) is 9.97 Å². The number of nitrogens with zero attached hydrogens (tertiary/aromatic N) is 3. The van der Waals surface area contributed by atoms with Gasteiger partial charge in [0.25, 0.3) is 0 Å². The van der Waals surface area contributed by atoms with Crippen molar-refractivity contribution in [1.29, 1.82) is 0 Å². The molecule has 0 spiro atoms. The number of hydrogen-bond donors (Lipinski definition) is 3. The van der Waals surface area contributed by atoms with Gasteiger partial charge in [-0.1, -0.05) is 26.2 Å². The van der Waals surface area contributed by atoms with E-state index in [4.69, 9.17) is 0 Å². The summed E-state index contributed by atoms with van der Waals surface area (Å²) in [5.41, 5.74) is 1.59. The molecule has 2 aromatic heterocycles. The minimum Gasteiger partial charge on any atom is -0.368 e. The van der Waals surface area contributed by atoms with Crippen LogP contribution in [-0.4, -0.2) is 33.5 Å². The number of fused-ring (bicyclic) bond motifs is 1. The van der Waals surface area contributed by atoms with Gasteiger partial charge in [0.05, 0.1) is 6.33 Å². The molecule has 6 nitrogen and oxygen atoms in total. The zero-order chi connectivity index (χ0) is 14.7. The standard InChI is InChI=1S/C15H24N6/c1-3-10-4-6-11(7-5-10)8-17-13-12-14(19-9-18-12)21-15(16-2)20-13/h9-11H,3-8H2,1-2H3,(H3,16,17,18,19,20,21). The molecule has 0 radical (unpaired) electrons. The van der Waals surface area contributed by atoms with Gasteiger partial charge >= 0.3 is 0 Å². The maximum absolute atomic E-state index is 4.50. The molecule has 2 heterocycles. The van der Waals surface area contributed by atoms with E-state index in [1.165, 1.54) is 32.1 Å². The van der Waals surface area contributed by atoms with E-state index in [2.05, 4.69) is 37.5 Å². The number of hydrogen-bond acceptors (Lipinski definition) is 5. The summed E-state index contributed by atoms with van der Waals surface area (Å²) < 4.78 is 0. The second kappa shape index (κ2) is 6.28. The molecular weight excluding hydrogens is 264 g/mol. The molecule has 0 atom stereocenters. The maximum Gasteiger partial charge on any atom is 0.226 e. The minimum absolute atomic E-state index is 0.604. The van der Waals surface area contributed by atoms with E-state index < -0.39 is 0 Å². The third-order valence-corrected chi connectivity index (χ3v) is 4.61. The summed E-state index contributed by atoms with van der Waals surface area (Å²) in [7, 11) is 1.82. The first-order valence-electron chi connectivity index (χ1n) is 7.93. The molecule has 3 N–H and O–H groups in total. The Morgan fingerprint density at radius 3 is 2.67 bits per heavy atom. The molecule has 1 fully saturated rings. The van der Waals surface area contributed by atoms with Crippen LogP contribution in [0.15, 0.2) is 6.33 Å². The van der Waals surface area contributed by atoms with Gasteiger partial charge in [0.1, 0.15) is 5.52 Å². The summed E-state index contributed by atoms with van der Waals surface area (Å²) >= 11 is 0. The third-order valence-electron chi connectivity index (χ3n) is 4.61. The van der Waals surface area contributed by atoms with E-state index in [1.54, 1.807) is 6.33 Å². The van der Waals surface area contributed by atoms with Crippen LogP contribution >= 0.6 is 0 Å². The van der Waals surface area contributed by atoms with Crippen molar-refractivity contribution in [2.45, 2.75) is 39.0 Å². The highest BCUT2D eigenvalue weighted by Gasteiger charge is 2.20. The van der Waals surface area contributed by atoms with Gasteiger partial charge in [-0.15, -0.1) is 0 Å². The SMILES string of the molecule is CCC1CCC(CNc2nc(NC)nc3nc[nH]c23)CC1. The second-order valence-corrected chi connectivity index (χ2v) is 5.92. The van der Waals surface area contributed by atoms with Crippen molar-refractivity contribution in [2.24, 2.45) is 11.8 Å². The first kappa shape index (κ1) is 14.1. The van der Waals surface area contributed by atoms with Crippen molar-refractivity contribution in [3.05, 3.63) is 6.33 Å². The molecule has 1 saturated carbocycles. The largest absolute Gasteiger partial charge is 0.368 e. The zero-order valence-corrected chi connectivity index (χ0v) is 12.8. The molecule has 1 aliphatic carbocycles. The van der Waals surface area contributed by atoms with Crippen molar-refractivity contribution in [3.8, 4) is 0 Å². The number of rotatable bonds is 5. The molecule has 0 unspecified atom stereocenters. The molecule has 1 aliphatic rings. The van der Waals surface area contributed by atoms with Crippen molar-refractivity contribution < 1.29 is 0 Å². The zero-order valence-electron chi connectivity index (χ0n) is 12.8. The Hall–Kier alpha value is -1.85. The average molecular weight is 288 g/mol. The summed E-state index contributed by atoms with van der Waals surface area (Å²) in [6.07, 6.45) is 8.37. The smallest absolute Gasteiger partial charge is 0.226 e. The van der Waals surface area contributed by atoms with E-state index in [9.17, 15) is 0 Å². The quantitative estimate of drug-likeness (QED) is 0.788. The summed E-state index contributed by atoms with van der Waals surface area (Å²) in [5, 5.41) is 6.47. The average Bonchev–Trinajstić information content (AvgIpc) is 3.01. The Kier molecular flexibility index (Phi) is 4.22. The molecule has 0 aliphatic heterocycles. The molecule has 0 bridgehead atoms. The van der Waals surface area contributed by atoms with E-state index in [0.717, 1.165) is 29.7 Å². The highest BCUT2D eigenvalue weighted by atomic mass is 15.2. The number of imidazole rings is 1. The summed E-state index contributed by atoms with van der Waals surface area (Å²) in [6, 6.07) is 0. The van der Waals surface area contributed by atoms with Gasteiger partial charge in [-0.3, -0.25) is 0 Å². The molecule has 2 aromatic rings. The maximum atomic E-state index is 4.50. The lowest BCUT2D eigenvalue weighted by Gasteiger charge is -2.28. The number of nitrogens with one attached hydrogen (secondary N) is 3. The Morgan fingerprint density at radius 2 is 1.95 bits per heavy atom. The van der Waals surface area contributed by atoms with Gasteiger partial charge in [-0.05, 0) is 24.7 Å². The molecule has 0 aromatic carbocycles. The number of H-pyrrole nitrogens is 1. The topological polar surface area (TPSA) is 78.5 Å². The summed E-state index contributed by atoms with van der Waals surface area (Å²) in [6.45, 7) is 3.28. The van der Waals surface area contributed by atoms with Crippen LogP contribution in [0.4, 0.5) is 11.8 Å². The van der Waals surface area contributed by atoms with Crippen LogP contribution in [0.5, 0.6) is 0 Å². The fourth-order valence-electron chi connectivity index (χ4n) is 3.16. The van der Waals surface area contributed by atoms with Crippen molar-refractivity contribution in [3.63, 3.8) is 0 Å². The minimum atomic E-state index is 0.604. The highest BCUT2D eigenvalue weighted by molar-refractivity contribution is 5.83. The van der Waals surface area contributed by atoms with E-state index in [-0.39, 0.29) is 0 Å². The lowest BCUT2D eigenvalue weighted by Crippen LogP contribution is -2.21. The lowest BCUT2D eigenvalue weighted by molar-refractivity contribution is 0.278.